The average molecular weight is 650 g/mol. The molecule has 3 N–H and O–H groups in total. The van der Waals surface area contributed by atoms with Gasteiger partial charge in [-0.2, -0.15) is 0 Å². The van der Waals surface area contributed by atoms with Crippen molar-refractivity contribution in [2.45, 2.75) is 232 Å². The molecule has 0 rings (SSSR count). The Morgan fingerprint density at radius 1 is 0.587 bits per heavy atom. The van der Waals surface area contributed by atoms with Crippen LogP contribution in [0.5, 0.6) is 0 Å². The highest BCUT2D eigenvalue weighted by Gasteiger charge is 2.17. The molecule has 4 nitrogen and oxygen atoms in total. The second-order valence-electron chi connectivity index (χ2n) is 15.1. The summed E-state index contributed by atoms with van der Waals surface area (Å²) >= 11 is 0. The molecule has 0 saturated heterocycles. The van der Waals surface area contributed by atoms with E-state index in [-0.39, 0.29) is 12.5 Å². The Hall–Kier alpha value is -0.870. The third kappa shape index (κ3) is 33.0. The summed E-state index contributed by atoms with van der Waals surface area (Å²) < 4.78 is 0. The first-order valence-corrected chi connectivity index (χ1v) is 20.7. The minimum atomic E-state index is -0.835. The van der Waals surface area contributed by atoms with E-state index in [0.29, 0.717) is 6.42 Å². The Balaban J connectivity index is 3.55. The van der Waals surface area contributed by atoms with Crippen molar-refractivity contribution in [1.82, 2.24) is 5.32 Å². The number of unbranched alkanes of at least 4 members (excludes halogenated alkanes) is 24. The molecule has 1 amide bonds. The molecular weight excluding hydrogens is 566 g/mol. The maximum atomic E-state index is 12.4. The summed E-state index contributed by atoms with van der Waals surface area (Å²) in [5.74, 6) is 1.69. The van der Waals surface area contributed by atoms with E-state index in [9.17, 15) is 15.0 Å². The zero-order valence-corrected chi connectivity index (χ0v) is 31.7. The minimum Gasteiger partial charge on any atom is -0.394 e. The van der Waals surface area contributed by atoms with E-state index in [1.165, 1.54) is 161 Å². The third-order valence-corrected chi connectivity index (χ3v) is 9.99. The predicted octanol–water partition coefficient (Wildman–Crippen LogP) is 12.4. The molecule has 0 aromatic heterocycles. The Morgan fingerprint density at radius 2 is 0.978 bits per heavy atom. The van der Waals surface area contributed by atoms with E-state index in [4.69, 9.17) is 0 Å². The lowest BCUT2D eigenvalue weighted by Gasteiger charge is -2.20. The van der Waals surface area contributed by atoms with Gasteiger partial charge in [0.05, 0.1) is 18.8 Å². The van der Waals surface area contributed by atoms with E-state index < -0.39 is 12.1 Å². The monoisotopic (exact) mass is 650 g/mol. The second kappa shape index (κ2) is 35.4. The molecule has 0 heterocycles. The zero-order valence-electron chi connectivity index (χ0n) is 31.7. The Kier molecular flexibility index (Phi) is 34.8. The van der Waals surface area contributed by atoms with E-state index in [1.54, 1.807) is 6.08 Å². The number of allylic oxidation sites excluding steroid dienone is 1. The topological polar surface area (TPSA) is 69.6 Å². The number of carbonyl (C=O) groups is 1. The summed E-state index contributed by atoms with van der Waals surface area (Å²) in [6.45, 7) is 9.06. The third-order valence-electron chi connectivity index (χ3n) is 9.99. The summed E-state index contributed by atoms with van der Waals surface area (Å²) in [6.07, 6.45) is 41.6. The van der Waals surface area contributed by atoms with Crippen molar-refractivity contribution in [2.24, 2.45) is 11.8 Å². The first-order valence-electron chi connectivity index (χ1n) is 20.7. The number of aliphatic hydroxyl groups is 2. The molecule has 274 valence electrons. The number of hydrogen-bond acceptors (Lipinski definition) is 3. The molecule has 0 saturated carbocycles. The lowest BCUT2D eigenvalue weighted by atomic mass is 9.99. The van der Waals surface area contributed by atoms with Crippen molar-refractivity contribution in [3.63, 3.8) is 0 Å². The van der Waals surface area contributed by atoms with E-state index in [0.717, 1.165) is 37.5 Å². The van der Waals surface area contributed by atoms with Crippen LogP contribution >= 0.6 is 0 Å². The van der Waals surface area contributed by atoms with Crippen molar-refractivity contribution in [3.05, 3.63) is 12.2 Å². The molecule has 4 heteroatoms. The number of nitrogens with one attached hydrogen (secondary N) is 1. The molecule has 46 heavy (non-hydrogen) atoms. The van der Waals surface area contributed by atoms with Crippen LogP contribution < -0.4 is 5.32 Å². The number of carbonyl (C=O) groups excluding carboxylic acids is 1. The minimum absolute atomic E-state index is 0.0620. The molecule has 0 spiro atoms. The maximum Gasteiger partial charge on any atom is 0.220 e. The molecule has 0 aromatic rings. The van der Waals surface area contributed by atoms with Gasteiger partial charge in [-0.1, -0.05) is 207 Å². The second-order valence-corrected chi connectivity index (χ2v) is 15.1. The van der Waals surface area contributed by atoms with Gasteiger partial charge in [-0.3, -0.25) is 4.79 Å². The van der Waals surface area contributed by atoms with Gasteiger partial charge in [-0.25, -0.2) is 0 Å². The summed E-state index contributed by atoms with van der Waals surface area (Å²) in [5.41, 5.74) is 0. The molecule has 0 fully saturated rings. The van der Waals surface area contributed by atoms with Gasteiger partial charge in [0.15, 0.2) is 0 Å². The van der Waals surface area contributed by atoms with Crippen LogP contribution in [-0.2, 0) is 4.79 Å². The summed E-state index contributed by atoms with van der Waals surface area (Å²) in [7, 11) is 0. The van der Waals surface area contributed by atoms with Gasteiger partial charge in [-0.15, -0.1) is 0 Å². The first-order chi connectivity index (χ1) is 22.4. The molecule has 0 radical (unpaired) electrons. The summed E-state index contributed by atoms with van der Waals surface area (Å²) in [5, 5.41) is 23.0. The van der Waals surface area contributed by atoms with Crippen LogP contribution in [-0.4, -0.2) is 34.9 Å². The van der Waals surface area contributed by atoms with Gasteiger partial charge in [0.2, 0.25) is 5.91 Å². The smallest absolute Gasteiger partial charge is 0.220 e. The number of hydrogen-bond donors (Lipinski definition) is 3. The van der Waals surface area contributed by atoms with Gasteiger partial charge in [0.25, 0.3) is 0 Å². The predicted molar refractivity (Wildman–Crippen MR) is 202 cm³/mol. The molecule has 0 aromatic carbocycles. The van der Waals surface area contributed by atoms with Gasteiger partial charge >= 0.3 is 0 Å². The number of amides is 1. The Bertz CT molecular complexity index is 649. The van der Waals surface area contributed by atoms with Crippen LogP contribution in [0.4, 0.5) is 0 Å². The standard InChI is InChI=1S/C42H83NO3/c1-5-39(4)34-30-26-22-18-15-16-19-23-27-31-35-41(45)40(37-44)43-42(46)36-32-28-24-20-14-12-10-8-6-7-9-11-13-17-21-25-29-33-38(2)3/h31,35,38-41,44-45H,5-30,32-34,36-37H2,1-4H3,(H,43,46). The fourth-order valence-corrected chi connectivity index (χ4v) is 6.40. The largest absolute Gasteiger partial charge is 0.394 e. The molecule has 3 atom stereocenters. The number of aliphatic hydroxyl groups excluding tert-OH is 2. The summed E-state index contributed by atoms with van der Waals surface area (Å²) in [6, 6.07) is -0.617. The lowest BCUT2D eigenvalue weighted by Crippen LogP contribution is -2.45. The maximum absolute atomic E-state index is 12.4. The SMILES string of the molecule is CCC(C)CCCCCCCCCCC=CC(O)C(CO)NC(=O)CCCCCCCCCCCCCCCCCCCC(C)C. The Morgan fingerprint density at radius 3 is 1.39 bits per heavy atom. The van der Waals surface area contributed by atoms with Crippen LogP contribution in [0.15, 0.2) is 12.2 Å². The van der Waals surface area contributed by atoms with Crippen molar-refractivity contribution in [1.29, 1.82) is 0 Å². The van der Waals surface area contributed by atoms with Crippen LogP contribution in [0.25, 0.3) is 0 Å². The van der Waals surface area contributed by atoms with Crippen molar-refractivity contribution < 1.29 is 15.0 Å². The normalized spacial score (nSPS) is 13.9. The molecule has 0 aliphatic heterocycles. The van der Waals surface area contributed by atoms with E-state index >= 15 is 0 Å². The molecule has 0 bridgehead atoms. The highest BCUT2D eigenvalue weighted by atomic mass is 16.3. The summed E-state index contributed by atoms with van der Waals surface area (Å²) in [4.78, 5) is 12.4. The highest BCUT2D eigenvalue weighted by molar-refractivity contribution is 5.76. The van der Waals surface area contributed by atoms with Crippen LogP contribution in [0.2, 0.25) is 0 Å². The Labute approximate surface area is 288 Å². The zero-order chi connectivity index (χ0) is 33.9. The molecule has 0 aliphatic rings. The van der Waals surface area contributed by atoms with Crippen LogP contribution in [0, 0.1) is 11.8 Å². The first kappa shape index (κ1) is 45.1. The molecule has 3 unspecified atom stereocenters. The van der Waals surface area contributed by atoms with Gasteiger partial charge < -0.3 is 15.5 Å². The fourth-order valence-electron chi connectivity index (χ4n) is 6.40. The van der Waals surface area contributed by atoms with Gasteiger partial charge in [0, 0.05) is 6.42 Å². The van der Waals surface area contributed by atoms with Crippen LogP contribution in [0.1, 0.15) is 220 Å². The van der Waals surface area contributed by atoms with Crippen molar-refractivity contribution >= 4 is 5.91 Å². The highest BCUT2D eigenvalue weighted by Crippen LogP contribution is 2.17. The lowest BCUT2D eigenvalue weighted by molar-refractivity contribution is -0.123. The van der Waals surface area contributed by atoms with Crippen LogP contribution in [0.3, 0.4) is 0 Å². The van der Waals surface area contributed by atoms with E-state index in [1.807, 2.05) is 6.08 Å². The molecule has 0 aliphatic carbocycles. The van der Waals surface area contributed by atoms with Gasteiger partial charge in [0.1, 0.15) is 0 Å². The quantitative estimate of drug-likeness (QED) is 0.0467. The van der Waals surface area contributed by atoms with Crippen molar-refractivity contribution in [2.75, 3.05) is 6.61 Å². The van der Waals surface area contributed by atoms with Crippen molar-refractivity contribution in [3.8, 4) is 0 Å². The van der Waals surface area contributed by atoms with E-state index in [2.05, 4.69) is 33.0 Å². The van der Waals surface area contributed by atoms with Gasteiger partial charge in [-0.05, 0) is 31.1 Å². The molecular formula is C42H83NO3. The fraction of sp³-hybridized carbons (Fsp3) is 0.929. The number of rotatable bonds is 36. The average Bonchev–Trinajstić information content (AvgIpc) is 3.04.